The Kier molecular flexibility index (Phi) is 6.22. The summed E-state index contributed by atoms with van der Waals surface area (Å²) in [6.07, 6.45) is 1.03. The monoisotopic (exact) mass is 298 g/mol. The average Bonchev–Trinajstić information content (AvgIpc) is 2.33. The van der Waals surface area contributed by atoms with Crippen LogP contribution < -0.4 is 10.6 Å². The normalized spacial score (nSPS) is 12.2. The number of rotatable bonds is 6. The van der Waals surface area contributed by atoms with Crippen LogP contribution in [-0.4, -0.2) is 18.5 Å². The molecule has 0 bridgehead atoms. The highest BCUT2D eigenvalue weighted by atomic mass is 79.9. The van der Waals surface area contributed by atoms with Gasteiger partial charge in [-0.15, -0.1) is 0 Å². The van der Waals surface area contributed by atoms with E-state index in [1.807, 2.05) is 24.3 Å². The SMILES string of the molecule is CCC(C)NCC(=O)NCc1cccc(Br)c1. The summed E-state index contributed by atoms with van der Waals surface area (Å²) in [5.41, 5.74) is 1.09. The van der Waals surface area contributed by atoms with Gasteiger partial charge in [-0.1, -0.05) is 35.0 Å². The fourth-order valence-electron chi connectivity index (χ4n) is 1.32. The number of hydrogen-bond donors (Lipinski definition) is 2. The number of hydrogen-bond acceptors (Lipinski definition) is 2. The van der Waals surface area contributed by atoms with Crippen molar-refractivity contribution in [1.82, 2.24) is 10.6 Å². The lowest BCUT2D eigenvalue weighted by atomic mass is 10.2. The first-order valence-electron chi connectivity index (χ1n) is 5.86. The number of carbonyl (C=O) groups excluding carboxylic acids is 1. The summed E-state index contributed by atoms with van der Waals surface area (Å²) in [7, 11) is 0. The van der Waals surface area contributed by atoms with Gasteiger partial charge in [0, 0.05) is 17.1 Å². The van der Waals surface area contributed by atoms with E-state index in [0.717, 1.165) is 16.5 Å². The highest BCUT2D eigenvalue weighted by molar-refractivity contribution is 9.10. The van der Waals surface area contributed by atoms with E-state index in [-0.39, 0.29) is 5.91 Å². The first-order chi connectivity index (χ1) is 8.11. The third-order valence-corrected chi connectivity index (χ3v) is 3.10. The van der Waals surface area contributed by atoms with Crippen LogP contribution in [0.15, 0.2) is 28.7 Å². The first-order valence-corrected chi connectivity index (χ1v) is 6.65. The van der Waals surface area contributed by atoms with Crippen LogP contribution in [0.25, 0.3) is 0 Å². The average molecular weight is 299 g/mol. The molecule has 1 unspecified atom stereocenters. The minimum absolute atomic E-state index is 0.0327. The van der Waals surface area contributed by atoms with Gasteiger partial charge in [0.25, 0.3) is 0 Å². The molecule has 17 heavy (non-hydrogen) atoms. The summed E-state index contributed by atoms with van der Waals surface area (Å²) < 4.78 is 1.03. The molecule has 0 saturated carbocycles. The van der Waals surface area contributed by atoms with Crippen molar-refractivity contribution in [2.75, 3.05) is 6.54 Å². The fourth-order valence-corrected chi connectivity index (χ4v) is 1.77. The van der Waals surface area contributed by atoms with Crippen LogP contribution in [0.4, 0.5) is 0 Å². The predicted octanol–water partition coefficient (Wildman–Crippen LogP) is 2.45. The van der Waals surface area contributed by atoms with E-state index >= 15 is 0 Å². The maximum Gasteiger partial charge on any atom is 0.234 e. The zero-order chi connectivity index (χ0) is 12.7. The van der Waals surface area contributed by atoms with Crippen molar-refractivity contribution >= 4 is 21.8 Å². The number of halogens is 1. The van der Waals surface area contributed by atoms with E-state index in [4.69, 9.17) is 0 Å². The van der Waals surface area contributed by atoms with Gasteiger partial charge in [0.15, 0.2) is 0 Å². The second-order valence-electron chi connectivity index (χ2n) is 4.10. The Morgan fingerprint density at radius 2 is 2.24 bits per heavy atom. The molecule has 1 rings (SSSR count). The summed E-state index contributed by atoms with van der Waals surface area (Å²) >= 11 is 3.40. The van der Waals surface area contributed by atoms with Crippen LogP contribution in [-0.2, 0) is 11.3 Å². The molecule has 0 aliphatic rings. The van der Waals surface area contributed by atoms with Gasteiger partial charge < -0.3 is 10.6 Å². The van der Waals surface area contributed by atoms with E-state index in [0.29, 0.717) is 19.1 Å². The van der Waals surface area contributed by atoms with Crippen molar-refractivity contribution < 1.29 is 4.79 Å². The molecular formula is C13H19BrN2O. The Morgan fingerprint density at radius 1 is 1.47 bits per heavy atom. The van der Waals surface area contributed by atoms with Crippen LogP contribution in [0.2, 0.25) is 0 Å². The summed E-state index contributed by atoms with van der Waals surface area (Å²) in [5.74, 6) is 0.0327. The van der Waals surface area contributed by atoms with Gasteiger partial charge in [-0.3, -0.25) is 4.79 Å². The van der Waals surface area contributed by atoms with E-state index in [2.05, 4.69) is 40.4 Å². The number of carbonyl (C=O) groups is 1. The van der Waals surface area contributed by atoms with Gasteiger partial charge in [0.1, 0.15) is 0 Å². The van der Waals surface area contributed by atoms with Crippen LogP contribution >= 0.6 is 15.9 Å². The fraction of sp³-hybridized carbons (Fsp3) is 0.462. The molecule has 0 fully saturated rings. The lowest BCUT2D eigenvalue weighted by molar-refractivity contribution is -0.120. The van der Waals surface area contributed by atoms with Gasteiger partial charge in [-0.25, -0.2) is 0 Å². The molecule has 0 aliphatic carbocycles. The third kappa shape index (κ3) is 5.84. The zero-order valence-electron chi connectivity index (χ0n) is 10.3. The van der Waals surface area contributed by atoms with E-state index in [1.165, 1.54) is 0 Å². The molecule has 3 nitrogen and oxygen atoms in total. The summed E-state index contributed by atoms with van der Waals surface area (Å²) in [5, 5.41) is 6.04. The first kappa shape index (κ1) is 14.2. The Balaban J connectivity index is 2.28. The molecule has 0 aromatic heterocycles. The van der Waals surface area contributed by atoms with Crippen LogP contribution in [0.1, 0.15) is 25.8 Å². The molecular weight excluding hydrogens is 280 g/mol. The smallest absolute Gasteiger partial charge is 0.234 e. The van der Waals surface area contributed by atoms with Crippen molar-refractivity contribution in [2.24, 2.45) is 0 Å². The number of amides is 1. The lowest BCUT2D eigenvalue weighted by Crippen LogP contribution is -2.37. The lowest BCUT2D eigenvalue weighted by Gasteiger charge is -2.11. The summed E-state index contributed by atoms with van der Waals surface area (Å²) in [4.78, 5) is 11.5. The predicted molar refractivity (Wildman–Crippen MR) is 73.7 cm³/mol. The third-order valence-electron chi connectivity index (χ3n) is 2.60. The molecule has 1 aromatic rings. The van der Waals surface area contributed by atoms with E-state index in [9.17, 15) is 4.79 Å². The summed E-state index contributed by atoms with van der Waals surface area (Å²) in [6.45, 7) is 5.11. The van der Waals surface area contributed by atoms with Gasteiger partial charge >= 0.3 is 0 Å². The van der Waals surface area contributed by atoms with Gasteiger partial charge in [-0.05, 0) is 31.0 Å². The highest BCUT2D eigenvalue weighted by Gasteiger charge is 2.03. The number of benzene rings is 1. The van der Waals surface area contributed by atoms with E-state index < -0.39 is 0 Å². The minimum atomic E-state index is 0.0327. The quantitative estimate of drug-likeness (QED) is 0.847. The Bertz CT molecular complexity index is 368. The standard InChI is InChI=1S/C13H19BrN2O/c1-3-10(2)15-9-13(17)16-8-11-5-4-6-12(14)7-11/h4-7,10,15H,3,8-9H2,1-2H3,(H,16,17). The molecule has 4 heteroatoms. The Labute approximate surface area is 111 Å². The molecule has 0 radical (unpaired) electrons. The van der Waals surface area contributed by atoms with Crippen molar-refractivity contribution in [1.29, 1.82) is 0 Å². The van der Waals surface area contributed by atoms with Gasteiger partial charge in [0.05, 0.1) is 6.54 Å². The molecule has 1 amide bonds. The maximum atomic E-state index is 11.5. The molecule has 0 saturated heterocycles. The minimum Gasteiger partial charge on any atom is -0.351 e. The Hall–Kier alpha value is -0.870. The molecule has 1 aromatic carbocycles. The van der Waals surface area contributed by atoms with Crippen LogP contribution in [0.5, 0.6) is 0 Å². The zero-order valence-corrected chi connectivity index (χ0v) is 11.9. The maximum absolute atomic E-state index is 11.5. The van der Waals surface area contributed by atoms with Crippen molar-refractivity contribution in [3.8, 4) is 0 Å². The number of nitrogens with one attached hydrogen (secondary N) is 2. The van der Waals surface area contributed by atoms with Gasteiger partial charge in [0.2, 0.25) is 5.91 Å². The second-order valence-corrected chi connectivity index (χ2v) is 5.01. The van der Waals surface area contributed by atoms with Crippen molar-refractivity contribution in [3.05, 3.63) is 34.3 Å². The van der Waals surface area contributed by atoms with Crippen LogP contribution in [0, 0.1) is 0 Å². The summed E-state index contributed by atoms with van der Waals surface area (Å²) in [6, 6.07) is 8.31. The molecule has 0 heterocycles. The molecule has 94 valence electrons. The molecule has 1 atom stereocenters. The highest BCUT2D eigenvalue weighted by Crippen LogP contribution is 2.11. The van der Waals surface area contributed by atoms with E-state index in [1.54, 1.807) is 0 Å². The van der Waals surface area contributed by atoms with Crippen molar-refractivity contribution in [3.63, 3.8) is 0 Å². The topological polar surface area (TPSA) is 41.1 Å². The molecule has 2 N–H and O–H groups in total. The largest absolute Gasteiger partial charge is 0.351 e. The molecule has 0 spiro atoms. The second kappa shape index (κ2) is 7.45. The van der Waals surface area contributed by atoms with Gasteiger partial charge in [-0.2, -0.15) is 0 Å². The van der Waals surface area contributed by atoms with Crippen molar-refractivity contribution in [2.45, 2.75) is 32.9 Å². The Morgan fingerprint density at radius 3 is 2.88 bits per heavy atom. The molecule has 0 aliphatic heterocycles. The van der Waals surface area contributed by atoms with Crippen LogP contribution in [0.3, 0.4) is 0 Å².